The van der Waals surface area contributed by atoms with Gasteiger partial charge in [0.05, 0.1) is 18.2 Å². The fourth-order valence-electron chi connectivity index (χ4n) is 5.71. The predicted molar refractivity (Wildman–Crippen MR) is 132 cm³/mol. The molecule has 1 amide bonds. The molecule has 0 bridgehead atoms. The van der Waals surface area contributed by atoms with Crippen LogP contribution < -0.4 is 10.6 Å². The number of fused-ring (bicyclic) bond motifs is 2. The maximum atomic E-state index is 13.1. The second kappa shape index (κ2) is 7.95. The molecule has 0 spiro atoms. The number of carbonyl (C=O) groups is 1. The van der Waals surface area contributed by atoms with Crippen LogP contribution in [0.3, 0.4) is 0 Å². The highest BCUT2D eigenvalue weighted by Gasteiger charge is 2.44. The van der Waals surface area contributed by atoms with Gasteiger partial charge in [0.15, 0.2) is 0 Å². The van der Waals surface area contributed by atoms with Gasteiger partial charge in [-0.2, -0.15) is 0 Å². The largest absolute Gasteiger partial charge is 0.394 e. The average Bonchev–Trinajstić information content (AvgIpc) is 3.18. The lowest BCUT2D eigenvalue weighted by Crippen LogP contribution is -2.48. The summed E-state index contributed by atoms with van der Waals surface area (Å²) in [5.74, 6) is 0.534. The minimum atomic E-state index is -0.370. The molecule has 4 rings (SSSR count). The van der Waals surface area contributed by atoms with E-state index in [-0.39, 0.29) is 41.3 Å². The van der Waals surface area contributed by atoms with Crippen molar-refractivity contribution in [2.24, 2.45) is 11.8 Å². The Labute approximate surface area is 192 Å². The van der Waals surface area contributed by atoms with E-state index in [1.54, 1.807) is 0 Å². The van der Waals surface area contributed by atoms with Crippen molar-refractivity contribution in [3.05, 3.63) is 41.6 Å². The molecule has 1 aromatic carbocycles. The van der Waals surface area contributed by atoms with E-state index in [0.717, 1.165) is 35.0 Å². The zero-order chi connectivity index (χ0) is 23.4. The molecule has 32 heavy (non-hydrogen) atoms. The number of rotatable bonds is 4. The van der Waals surface area contributed by atoms with E-state index in [2.05, 4.69) is 82.1 Å². The second-order valence-electron chi connectivity index (χ2n) is 11.1. The molecule has 5 nitrogen and oxygen atoms in total. The normalized spacial score (nSPS) is 30.3. The van der Waals surface area contributed by atoms with Gasteiger partial charge >= 0.3 is 0 Å². The van der Waals surface area contributed by atoms with Crippen LogP contribution in [-0.2, 0) is 22.0 Å². The molecule has 0 saturated carbocycles. The number of H-pyrrole nitrogens is 1. The molecule has 1 aliphatic heterocycles. The Balaban J connectivity index is 2.06. The lowest BCUT2D eigenvalue weighted by Gasteiger charge is -2.47. The molecule has 0 radical (unpaired) electrons. The van der Waals surface area contributed by atoms with Crippen LogP contribution in [0, 0.1) is 11.8 Å². The lowest BCUT2D eigenvalue weighted by atomic mass is 9.57. The van der Waals surface area contributed by atoms with Crippen LogP contribution in [0.2, 0.25) is 0 Å². The van der Waals surface area contributed by atoms with E-state index in [1.165, 1.54) is 11.1 Å². The Morgan fingerprint density at radius 2 is 1.94 bits per heavy atom. The topological polar surface area (TPSA) is 77.2 Å². The molecule has 4 N–H and O–H groups in total. The number of anilines is 1. The maximum absolute atomic E-state index is 13.1. The molecule has 4 atom stereocenters. The Kier molecular flexibility index (Phi) is 5.69. The molecule has 2 heterocycles. The number of aromatic nitrogens is 1. The molecule has 0 unspecified atom stereocenters. The number of allylic oxidation sites excluding steroid dienone is 1. The third-order valence-corrected chi connectivity index (χ3v) is 8.41. The van der Waals surface area contributed by atoms with E-state index in [1.807, 2.05) is 0 Å². The van der Waals surface area contributed by atoms with E-state index in [9.17, 15) is 9.90 Å². The van der Waals surface area contributed by atoms with E-state index in [4.69, 9.17) is 0 Å². The zero-order valence-corrected chi connectivity index (χ0v) is 20.4. The number of hydrogen-bond acceptors (Lipinski definition) is 3. The van der Waals surface area contributed by atoms with Crippen molar-refractivity contribution in [3.63, 3.8) is 0 Å². The summed E-state index contributed by atoms with van der Waals surface area (Å²) in [5.41, 5.74) is 5.89. The van der Waals surface area contributed by atoms with Crippen LogP contribution in [-0.4, -0.2) is 34.7 Å². The first-order valence-electron chi connectivity index (χ1n) is 12.0. The molecular formula is C27H39N3O2. The van der Waals surface area contributed by atoms with Crippen molar-refractivity contribution in [1.82, 2.24) is 10.3 Å². The highest BCUT2D eigenvalue weighted by molar-refractivity contribution is 6.01. The number of aliphatic hydroxyl groups excluding tert-OH is 1. The molecule has 1 aromatic heterocycles. The number of carbonyl (C=O) groups excluding carboxylic acids is 1. The minimum absolute atomic E-state index is 0.0388. The number of hydrogen-bond donors (Lipinski definition) is 4. The fourth-order valence-corrected chi connectivity index (χ4v) is 5.71. The predicted octanol–water partition coefficient (Wildman–Crippen LogP) is 4.79. The van der Waals surface area contributed by atoms with E-state index >= 15 is 0 Å². The summed E-state index contributed by atoms with van der Waals surface area (Å²) in [6.45, 7) is 17.5. The highest BCUT2D eigenvalue weighted by atomic mass is 16.3. The zero-order valence-electron chi connectivity index (χ0n) is 20.4. The van der Waals surface area contributed by atoms with Gasteiger partial charge in [0.25, 0.3) is 0 Å². The Bertz CT molecular complexity index is 1050. The number of aliphatic hydroxyl groups is 1. The van der Waals surface area contributed by atoms with Crippen molar-refractivity contribution < 1.29 is 9.90 Å². The quantitative estimate of drug-likeness (QED) is 0.520. The molecule has 0 fully saturated rings. The summed E-state index contributed by atoms with van der Waals surface area (Å²) in [6.07, 6.45) is 6.91. The smallest absolute Gasteiger partial charge is 0.243 e. The third kappa shape index (κ3) is 3.37. The standard InChI is InChI=1S/C27H39N3O2/c1-8-26(6)9-10-27(7,16(4)5)19-12-20-21-17(13-28-24(21)22(19)26)11-18(14-31)29-25(32)23(30-20)15(2)3/h8,12-13,15-16,18,23,28,30-31H,1,9-11,14H2,2-7H3,(H,29,32)/t18-,23-,26-,27+/m0/s1. The first-order valence-corrected chi connectivity index (χ1v) is 12.0. The van der Waals surface area contributed by atoms with Crippen LogP contribution in [0.4, 0.5) is 5.69 Å². The van der Waals surface area contributed by atoms with Gasteiger partial charge < -0.3 is 20.7 Å². The molecule has 2 aromatic rings. The van der Waals surface area contributed by atoms with Crippen molar-refractivity contribution in [1.29, 1.82) is 0 Å². The van der Waals surface area contributed by atoms with Crippen molar-refractivity contribution in [2.45, 2.75) is 83.7 Å². The minimum Gasteiger partial charge on any atom is -0.394 e. The van der Waals surface area contributed by atoms with Crippen molar-refractivity contribution in [2.75, 3.05) is 11.9 Å². The summed E-state index contributed by atoms with van der Waals surface area (Å²) in [5, 5.41) is 17.8. The van der Waals surface area contributed by atoms with Gasteiger partial charge in [0.1, 0.15) is 6.04 Å². The van der Waals surface area contributed by atoms with Gasteiger partial charge in [-0.05, 0) is 59.3 Å². The van der Waals surface area contributed by atoms with Crippen LogP contribution >= 0.6 is 0 Å². The summed E-state index contributed by atoms with van der Waals surface area (Å²) < 4.78 is 0. The van der Waals surface area contributed by atoms with Gasteiger partial charge in [0.2, 0.25) is 5.91 Å². The van der Waals surface area contributed by atoms with Crippen LogP contribution in [0.1, 0.15) is 71.1 Å². The van der Waals surface area contributed by atoms with Crippen molar-refractivity contribution >= 4 is 22.5 Å². The summed E-state index contributed by atoms with van der Waals surface area (Å²) in [4.78, 5) is 16.7. The van der Waals surface area contributed by atoms with Gasteiger partial charge in [0, 0.05) is 22.7 Å². The maximum Gasteiger partial charge on any atom is 0.243 e. The first kappa shape index (κ1) is 22.9. The SMILES string of the molecule is C=C[C@@]1(C)CC[C@](C)(C(C)C)c2cc3c4c(c[nH]c4c21)C[C@@H](CO)NC(=O)[C@H](C(C)C)N3. The molecule has 2 aliphatic rings. The molecule has 5 heteroatoms. The Morgan fingerprint density at radius 1 is 1.22 bits per heavy atom. The number of aromatic amines is 1. The molecule has 1 aliphatic carbocycles. The second-order valence-corrected chi connectivity index (χ2v) is 11.1. The van der Waals surface area contributed by atoms with Gasteiger partial charge in [-0.3, -0.25) is 4.79 Å². The van der Waals surface area contributed by atoms with Gasteiger partial charge in [-0.25, -0.2) is 0 Å². The summed E-state index contributed by atoms with van der Waals surface area (Å²) >= 11 is 0. The van der Waals surface area contributed by atoms with Crippen LogP contribution in [0.5, 0.6) is 0 Å². The van der Waals surface area contributed by atoms with Gasteiger partial charge in [-0.1, -0.05) is 47.6 Å². The Hall–Kier alpha value is -2.27. The van der Waals surface area contributed by atoms with Crippen LogP contribution in [0.25, 0.3) is 10.9 Å². The fraction of sp³-hybridized carbons (Fsp3) is 0.593. The lowest BCUT2D eigenvalue weighted by molar-refractivity contribution is -0.123. The monoisotopic (exact) mass is 437 g/mol. The number of amides is 1. The highest BCUT2D eigenvalue weighted by Crippen LogP contribution is 2.53. The summed E-state index contributed by atoms with van der Waals surface area (Å²) in [7, 11) is 0. The number of nitrogens with one attached hydrogen (secondary N) is 3. The molecular weight excluding hydrogens is 398 g/mol. The molecule has 174 valence electrons. The third-order valence-electron chi connectivity index (χ3n) is 8.41. The van der Waals surface area contributed by atoms with Crippen molar-refractivity contribution in [3.8, 4) is 0 Å². The van der Waals surface area contributed by atoms with E-state index in [0.29, 0.717) is 12.3 Å². The van der Waals surface area contributed by atoms with Gasteiger partial charge in [-0.15, -0.1) is 6.58 Å². The van der Waals surface area contributed by atoms with E-state index < -0.39 is 0 Å². The first-order chi connectivity index (χ1) is 15.1. The number of benzene rings is 1. The molecule has 0 saturated heterocycles. The average molecular weight is 438 g/mol. The Morgan fingerprint density at radius 3 is 2.53 bits per heavy atom. The van der Waals surface area contributed by atoms with Crippen LogP contribution in [0.15, 0.2) is 24.9 Å². The summed E-state index contributed by atoms with van der Waals surface area (Å²) in [6, 6.07) is 1.64.